The molecular weight excluding hydrogens is 590 g/mol. The number of benzene rings is 3. The van der Waals surface area contributed by atoms with Crippen LogP contribution in [0.2, 0.25) is 0 Å². The number of aliphatic hydroxyl groups is 2. The molecule has 0 saturated heterocycles. The molecule has 4 rings (SSSR count). The summed E-state index contributed by atoms with van der Waals surface area (Å²) in [6.07, 6.45) is -2.24. The first-order chi connectivity index (χ1) is 21.7. The molecule has 1 aromatic heterocycles. The number of rotatable bonds is 12. The molecule has 0 radical (unpaired) electrons. The van der Waals surface area contributed by atoms with Crippen LogP contribution in [-0.4, -0.2) is 44.5 Å². The lowest BCUT2D eigenvalue weighted by Gasteiger charge is -2.22. The fourth-order valence-electron chi connectivity index (χ4n) is 5.59. The van der Waals surface area contributed by atoms with E-state index in [1.165, 1.54) is 24.3 Å². The maximum atomic E-state index is 14.2. The number of anilines is 1. The molecule has 9 heteroatoms. The number of hydrogen-bond donors (Lipinski definition) is 3. The Morgan fingerprint density at radius 2 is 1.41 bits per heavy atom. The molecule has 1 amide bonds. The predicted molar refractivity (Wildman–Crippen MR) is 175 cm³/mol. The minimum absolute atomic E-state index is 0.0599. The highest BCUT2D eigenvalue weighted by molar-refractivity contribution is 6.12. The smallest absolute Gasteiger partial charge is 0.308 e. The van der Waals surface area contributed by atoms with Crippen LogP contribution in [0.4, 0.5) is 14.5 Å². The second kappa shape index (κ2) is 14.8. The summed E-state index contributed by atoms with van der Waals surface area (Å²) in [4.78, 5) is 26.4. The molecule has 0 spiro atoms. The number of para-hydroxylation sites is 1. The van der Waals surface area contributed by atoms with Crippen LogP contribution in [0.15, 0.2) is 78.9 Å². The lowest BCUT2D eigenvalue weighted by Crippen LogP contribution is -2.28. The summed E-state index contributed by atoms with van der Waals surface area (Å²) >= 11 is 0. The highest BCUT2D eigenvalue weighted by Crippen LogP contribution is 2.43. The largest absolute Gasteiger partial charge is 0.460 e. The monoisotopic (exact) mass is 632 g/mol. The zero-order valence-corrected chi connectivity index (χ0v) is 26.9. The Morgan fingerprint density at radius 3 is 1.96 bits per heavy atom. The van der Waals surface area contributed by atoms with Gasteiger partial charge in [-0.05, 0) is 99.2 Å². The topological polar surface area (TPSA) is 101 Å². The van der Waals surface area contributed by atoms with Crippen molar-refractivity contribution < 1.29 is 33.3 Å². The van der Waals surface area contributed by atoms with Crippen molar-refractivity contribution in [2.24, 2.45) is 0 Å². The minimum Gasteiger partial charge on any atom is -0.460 e. The fraction of sp³-hybridized carbons (Fsp3) is 0.351. The van der Waals surface area contributed by atoms with E-state index in [0.717, 1.165) is 0 Å². The number of nitrogens with one attached hydrogen (secondary N) is 1. The van der Waals surface area contributed by atoms with Crippen LogP contribution in [0.3, 0.4) is 0 Å². The first-order valence-electron chi connectivity index (χ1n) is 15.5. The number of aliphatic hydroxyl groups excluding tert-OH is 2. The van der Waals surface area contributed by atoms with Crippen molar-refractivity contribution >= 4 is 17.6 Å². The van der Waals surface area contributed by atoms with Crippen LogP contribution in [0.25, 0.3) is 22.4 Å². The van der Waals surface area contributed by atoms with Crippen molar-refractivity contribution in [1.82, 2.24) is 4.57 Å². The van der Waals surface area contributed by atoms with E-state index in [9.17, 15) is 28.6 Å². The van der Waals surface area contributed by atoms with E-state index >= 15 is 0 Å². The van der Waals surface area contributed by atoms with Crippen molar-refractivity contribution in [1.29, 1.82) is 0 Å². The summed E-state index contributed by atoms with van der Waals surface area (Å²) in [5, 5.41) is 24.5. The van der Waals surface area contributed by atoms with Gasteiger partial charge in [0.05, 0.1) is 29.9 Å². The normalized spacial score (nSPS) is 13.0. The Labute approximate surface area is 268 Å². The van der Waals surface area contributed by atoms with E-state index in [-0.39, 0.29) is 37.6 Å². The number of halogens is 2. The van der Waals surface area contributed by atoms with Gasteiger partial charge in [0.1, 0.15) is 17.2 Å². The van der Waals surface area contributed by atoms with Gasteiger partial charge in [0, 0.05) is 23.5 Å². The van der Waals surface area contributed by atoms with Gasteiger partial charge in [0.2, 0.25) is 0 Å². The van der Waals surface area contributed by atoms with Gasteiger partial charge < -0.3 is 24.8 Å². The number of aromatic nitrogens is 1. The molecule has 0 aliphatic heterocycles. The Hall–Kier alpha value is -4.34. The van der Waals surface area contributed by atoms with Gasteiger partial charge in [-0.1, -0.05) is 44.2 Å². The highest BCUT2D eigenvalue weighted by Gasteiger charge is 2.31. The summed E-state index contributed by atoms with van der Waals surface area (Å²) in [7, 11) is 0. The highest BCUT2D eigenvalue weighted by atomic mass is 19.1. The van der Waals surface area contributed by atoms with Crippen molar-refractivity contribution in [2.75, 3.05) is 5.32 Å². The number of amides is 1. The second-order valence-corrected chi connectivity index (χ2v) is 12.7. The number of esters is 1. The molecule has 0 saturated carbocycles. The molecule has 4 aromatic rings. The molecule has 244 valence electrons. The summed E-state index contributed by atoms with van der Waals surface area (Å²) in [6.45, 7) is 9.35. The minimum atomic E-state index is -1.11. The molecule has 0 fully saturated rings. The van der Waals surface area contributed by atoms with Crippen molar-refractivity contribution in [3.05, 3.63) is 102 Å². The quantitative estimate of drug-likeness (QED) is 0.139. The Kier molecular flexibility index (Phi) is 11.1. The fourth-order valence-corrected chi connectivity index (χ4v) is 5.59. The van der Waals surface area contributed by atoms with E-state index < -0.39 is 35.4 Å². The van der Waals surface area contributed by atoms with Crippen molar-refractivity contribution in [3.8, 4) is 22.4 Å². The molecule has 0 bridgehead atoms. The Morgan fingerprint density at radius 1 is 0.848 bits per heavy atom. The molecule has 0 aliphatic rings. The first-order valence-corrected chi connectivity index (χ1v) is 15.5. The number of carbonyl (C=O) groups excluding carboxylic acids is 2. The summed E-state index contributed by atoms with van der Waals surface area (Å²) in [5.41, 5.74) is 3.32. The van der Waals surface area contributed by atoms with Crippen molar-refractivity contribution in [3.63, 3.8) is 0 Å². The van der Waals surface area contributed by atoms with Gasteiger partial charge in [0.25, 0.3) is 5.91 Å². The average Bonchev–Trinajstić information content (AvgIpc) is 3.32. The summed E-state index contributed by atoms with van der Waals surface area (Å²) < 4.78 is 35.4. The molecule has 0 aliphatic carbocycles. The van der Waals surface area contributed by atoms with E-state index in [4.69, 9.17) is 4.74 Å². The molecule has 0 unspecified atom stereocenters. The maximum absolute atomic E-state index is 14.2. The second-order valence-electron chi connectivity index (χ2n) is 12.7. The van der Waals surface area contributed by atoms with Gasteiger partial charge in [-0.3, -0.25) is 9.59 Å². The van der Waals surface area contributed by atoms with E-state index in [0.29, 0.717) is 39.3 Å². The molecule has 3 N–H and O–H groups in total. The number of ether oxygens (including phenoxy) is 1. The third kappa shape index (κ3) is 8.89. The van der Waals surface area contributed by atoms with E-state index in [1.807, 2.05) is 36.6 Å². The lowest BCUT2D eigenvalue weighted by atomic mass is 9.94. The summed E-state index contributed by atoms with van der Waals surface area (Å²) in [5.74, 6) is -1.97. The molecule has 3 aromatic carbocycles. The van der Waals surface area contributed by atoms with E-state index in [1.54, 1.807) is 57.2 Å². The van der Waals surface area contributed by atoms with Gasteiger partial charge in [-0.25, -0.2) is 8.78 Å². The van der Waals surface area contributed by atoms with Gasteiger partial charge in [0.15, 0.2) is 0 Å². The average molecular weight is 633 g/mol. The molecule has 2 atom stereocenters. The Bertz CT molecular complexity index is 1630. The number of nitrogens with zero attached hydrogens (tertiary/aromatic N) is 1. The van der Waals surface area contributed by atoms with Crippen LogP contribution in [-0.2, 0) is 16.1 Å². The standard InChI is InChI=1S/C37H42F2N2O5/c1-23(2)34-33(36(45)40-28-9-7-6-8-10-28)32(24-11-15-26(38)16-12-24)35(25-13-17-27(39)18-14-25)41(34)20-19-29(42)21-30(43)22-31(44)46-37(3,4)5/h6-18,23,29-30,42-43H,19-22H2,1-5H3,(H,40,45)/t29-,30-/m1/s1. The van der Waals surface area contributed by atoms with Crippen LogP contribution in [0.1, 0.15) is 75.9 Å². The SMILES string of the molecule is CC(C)c1c(C(=O)Nc2ccccc2)c(-c2ccc(F)cc2)c(-c2ccc(F)cc2)n1CC[C@@H](O)C[C@@H](O)CC(=O)OC(C)(C)C. The van der Waals surface area contributed by atoms with Crippen LogP contribution in [0.5, 0.6) is 0 Å². The molecule has 7 nitrogen and oxygen atoms in total. The van der Waals surface area contributed by atoms with Crippen LogP contribution >= 0.6 is 0 Å². The predicted octanol–water partition coefficient (Wildman–Crippen LogP) is 7.71. The third-order valence-corrected chi connectivity index (χ3v) is 7.41. The zero-order chi connectivity index (χ0) is 33.6. The number of carbonyl (C=O) groups is 2. The van der Waals surface area contributed by atoms with Crippen LogP contribution < -0.4 is 5.32 Å². The van der Waals surface area contributed by atoms with Gasteiger partial charge in [-0.15, -0.1) is 0 Å². The summed E-state index contributed by atoms with van der Waals surface area (Å²) in [6, 6.07) is 20.8. The van der Waals surface area contributed by atoms with Crippen molar-refractivity contribution in [2.45, 2.75) is 84.2 Å². The first kappa shape index (κ1) is 34.5. The van der Waals surface area contributed by atoms with Gasteiger partial charge in [-0.2, -0.15) is 0 Å². The zero-order valence-electron chi connectivity index (χ0n) is 26.9. The lowest BCUT2D eigenvalue weighted by molar-refractivity contribution is -0.157. The van der Waals surface area contributed by atoms with Gasteiger partial charge >= 0.3 is 5.97 Å². The van der Waals surface area contributed by atoms with E-state index in [2.05, 4.69) is 5.32 Å². The van der Waals surface area contributed by atoms with Crippen LogP contribution in [0, 0.1) is 11.6 Å². The maximum Gasteiger partial charge on any atom is 0.308 e. The molecule has 46 heavy (non-hydrogen) atoms. The Balaban J connectivity index is 1.80. The molecule has 1 heterocycles. The third-order valence-electron chi connectivity index (χ3n) is 7.41. The molecular formula is C37H42F2N2O5. The number of hydrogen-bond acceptors (Lipinski definition) is 5.